The van der Waals surface area contributed by atoms with Gasteiger partial charge in [0.1, 0.15) is 5.75 Å². The van der Waals surface area contributed by atoms with Gasteiger partial charge in [-0.3, -0.25) is 9.59 Å². The average Bonchev–Trinajstić information content (AvgIpc) is 3.03. The number of aliphatic hydroxyl groups excluding tert-OH is 1. The summed E-state index contributed by atoms with van der Waals surface area (Å²) in [5, 5.41) is 20.7. The second-order valence-corrected chi connectivity index (χ2v) is 10.9. The maximum absolute atomic E-state index is 13.6. The lowest BCUT2D eigenvalue weighted by atomic mass is 9.99. The lowest BCUT2D eigenvalue weighted by molar-refractivity contribution is 0.0825. The molecule has 0 aliphatic rings. The number of aryl methyl sites for hydroxylation is 1. The standard InChI is InChI=1S/C36H41N3O4/c1-24-19-30(35(41)38-26(3)28-13-9-6-10-14-28)22-31(20-24)36(42)39-33(21-27-11-7-5-8-12-27)34(40)23-37-25(2)29-15-17-32(43-4)18-16-29/h5-20,22,25-26,33-34,37,40H,21,23H2,1-4H3,(H,38,41)(H,39,42)/t25-,26+,33+,34-/m1/s1. The number of aliphatic hydroxyl groups is 1. The quantitative estimate of drug-likeness (QED) is 0.167. The first kappa shape index (κ1) is 31.5. The molecule has 0 heterocycles. The summed E-state index contributed by atoms with van der Waals surface area (Å²) in [4.78, 5) is 26.7. The Hall–Kier alpha value is -4.46. The van der Waals surface area contributed by atoms with Gasteiger partial charge in [0.25, 0.3) is 11.8 Å². The fraction of sp³-hybridized carbons (Fsp3) is 0.278. The van der Waals surface area contributed by atoms with Gasteiger partial charge < -0.3 is 25.8 Å². The van der Waals surface area contributed by atoms with E-state index >= 15 is 0 Å². The van der Waals surface area contributed by atoms with Crippen molar-refractivity contribution in [1.82, 2.24) is 16.0 Å². The Kier molecular flexibility index (Phi) is 11.1. The third kappa shape index (κ3) is 9.01. The highest BCUT2D eigenvalue weighted by molar-refractivity contribution is 6.00. The van der Waals surface area contributed by atoms with Gasteiger partial charge in [0.2, 0.25) is 0 Å². The van der Waals surface area contributed by atoms with Crippen LogP contribution < -0.4 is 20.7 Å². The van der Waals surface area contributed by atoms with Crippen molar-refractivity contribution in [2.45, 2.75) is 51.4 Å². The fourth-order valence-corrected chi connectivity index (χ4v) is 5.00. The topological polar surface area (TPSA) is 99.7 Å². The van der Waals surface area contributed by atoms with Gasteiger partial charge in [0, 0.05) is 23.7 Å². The van der Waals surface area contributed by atoms with Crippen molar-refractivity contribution < 1.29 is 19.4 Å². The van der Waals surface area contributed by atoms with E-state index in [-0.39, 0.29) is 30.4 Å². The van der Waals surface area contributed by atoms with Crippen LogP contribution in [0.1, 0.15) is 68.9 Å². The maximum Gasteiger partial charge on any atom is 0.251 e. The minimum absolute atomic E-state index is 0.0234. The van der Waals surface area contributed by atoms with E-state index in [1.165, 1.54) is 0 Å². The van der Waals surface area contributed by atoms with Crippen LogP contribution >= 0.6 is 0 Å². The molecule has 4 N–H and O–H groups in total. The number of hydrogen-bond acceptors (Lipinski definition) is 5. The summed E-state index contributed by atoms with van der Waals surface area (Å²) in [5.74, 6) is 0.174. The minimum Gasteiger partial charge on any atom is -0.497 e. The first-order chi connectivity index (χ1) is 20.7. The van der Waals surface area contributed by atoms with Crippen molar-refractivity contribution in [1.29, 1.82) is 0 Å². The number of ether oxygens (including phenoxy) is 1. The van der Waals surface area contributed by atoms with Gasteiger partial charge in [-0.1, -0.05) is 72.8 Å². The molecule has 4 aromatic carbocycles. The number of rotatable bonds is 13. The Morgan fingerprint density at radius 1 is 0.744 bits per heavy atom. The summed E-state index contributed by atoms with van der Waals surface area (Å²) < 4.78 is 5.25. The number of benzene rings is 4. The molecule has 4 aromatic rings. The van der Waals surface area contributed by atoms with Crippen molar-refractivity contribution in [3.8, 4) is 5.75 Å². The lowest BCUT2D eigenvalue weighted by Gasteiger charge is -2.26. The predicted octanol–water partition coefficient (Wildman–Crippen LogP) is 5.55. The van der Waals surface area contributed by atoms with Gasteiger partial charge in [0.15, 0.2) is 0 Å². The molecule has 0 radical (unpaired) electrons. The molecule has 4 rings (SSSR count). The van der Waals surface area contributed by atoms with E-state index in [1.807, 2.05) is 106 Å². The summed E-state index contributed by atoms with van der Waals surface area (Å²) in [5.41, 5.74) is 4.61. The highest BCUT2D eigenvalue weighted by Gasteiger charge is 2.24. The Balaban J connectivity index is 1.46. The third-order valence-corrected chi connectivity index (χ3v) is 7.58. The second-order valence-electron chi connectivity index (χ2n) is 10.9. The van der Waals surface area contributed by atoms with Crippen LogP contribution in [-0.4, -0.2) is 42.7 Å². The van der Waals surface area contributed by atoms with Crippen molar-refractivity contribution in [3.05, 3.63) is 137 Å². The summed E-state index contributed by atoms with van der Waals surface area (Å²) in [6.07, 6.45) is -0.427. The number of carbonyl (C=O) groups excluding carboxylic acids is 2. The smallest absolute Gasteiger partial charge is 0.251 e. The summed E-state index contributed by atoms with van der Waals surface area (Å²) >= 11 is 0. The predicted molar refractivity (Wildman–Crippen MR) is 170 cm³/mol. The minimum atomic E-state index is -0.871. The molecule has 0 bridgehead atoms. The molecule has 224 valence electrons. The normalized spacial score (nSPS) is 13.8. The lowest BCUT2D eigenvalue weighted by Crippen LogP contribution is -2.49. The number of methoxy groups -OCH3 is 1. The summed E-state index contributed by atoms with van der Waals surface area (Å²) in [7, 11) is 1.63. The number of nitrogens with one attached hydrogen (secondary N) is 3. The maximum atomic E-state index is 13.6. The zero-order valence-corrected chi connectivity index (χ0v) is 25.2. The van der Waals surface area contributed by atoms with Gasteiger partial charge in [-0.25, -0.2) is 0 Å². The van der Waals surface area contributed by atoms with Crippen LogP contribution in [-0.2, 0) is 6.42 Å². The summed E-state index contributed by atoms with van der Waals surface area (Å²) in [6.45, 7) is 6.08. The molecule has 0 aliphatic heterocycles. The van der Waals surface area contributed by atoms with Crippen LogP contribution in [0.15, 0.2) is 103 Å². The number of hydrogen-bond donors (Lipinski definition) is 4. The molecular weight excluding hydrogens is 538 g/mol. The average molecular weight is 580 g/mol. The van der Waals surface area contributed by atoms with E-state index in [0.717, 1.165) is 28.0 Å². The molecule has 0 aliphatic carbocycles. The van der Waals surface area contributed by atoms with E-state index in [2.05, 4.69) is 16.0 Å². The molecule has 7 nitrogen and oxygen atoms in total. The molecule has 0 aromatic heterocycles. The van der Waals surface area contributed by atoms with Crippen LogP contribution in [0, 0.1) is 6.92 Å². The monoisotopic (exact) mass is 579 g/mol. The Labute approximate surface area is 254 Å². The van der Waals surface area contributed by atoms with Crippen molar-refractivity contribution in [3.63, 3.8) is 0 Å². The highest BCUT2D eigenvalue weighted by atomic mass is 16.5. The van der Waals surface area contributed by atoms with Gasteiger partial charge in [0.05, 0.1) is 25.3 Å². The third-order valence-electron chi connectivity index (χ3n) is 7.58. The molecule has 7 heteroatoms. The van der Waals surface area contributed by atoms with E-state index in [9.17, 15) is 14.7 Å². The van der Waals surface area contributed by atoms with Gasteiger partial charge in [-0.05, 0) is 79.8 Å². The number of amides is 2. The Bertz CT molecular complexity index is 1480. The molecule has 0 spiro atoms. The second kappa shape index (κ2) is 15.1. The van der Waals surface area contributed by atoms with Crippen molar-refractivity contribution >= 4 is 11.8 Å². The van der Waals surface area contributed by atoms with Crippen LogP contribution in [0.3, 0.4) is 0 Å². The molecule has 0 fully saturated rings. The van der Waals surface area contributed by atoms with Crippen molar-refractivity contribution in [2.24, 2.45) is 0 Å². The SMILES string of the molecule is COc1ccc([C@@H](C)NC[C@@H](O)[C@H](Cc2ccccc2)NC(=O)c2cc(C)cc(C(=O)N[C@@H](C)c3ccccc3)c2)cc1. The van der Waals surface area contributed by atoms with Gasteiger partial charge >= 0.3 is 0 Å². The zero-order valence-electron chi connectivity index (χ0n) is 25.2. The summed E-state index contributed by atoms with van der Waals surface area (Å²) in [6, 6.07) is 31.6. The zero-order chi connectivity index (χ0) is 30.8. The largest absolute Gasteiger partial charge is 0.497 e. The molecular formula is C36H41N3O4. The Morgan fingerprint density at radius 2 is 1.30 bits per heavy atom. The molecule has 0 saturated heterocycles. The molecule has 0 saturated carbocycles. The van der Waals surface area contributed by atoms with E-state index in [4.69, 9.17) is 4.74 Å². The van der Waals surface area contributed by atoms with E-state index in [0.29, 0.717) is 17.5 Å². The van der Waals surface area contributed by atoms with Gasteiger partial charge in [-0.15, -0.1) is 0 Å². The molecule has 43 heavy (non-hydrogen) atoms. The van der Waals surface area contributed by atoms with E-state index < -0.39 is 12.1 Å². The Morgan fingerprint density at radius 3 is 1.91 bits per heavy atom. The van der Waals surface area contributed by atoms with Crippen LogP contribution in [0.25, 0.3) is 0 Å². The highest BCUT2D eigenvalue weighted by Crippen LogP contribution is 2.18. The van der Waals surface area contributed by atoms with Crippen LogP contribution in [0.4, 0.5) is 0 Å². The number of carbonyl (C=O) groups is 2. The van der Waals surface area contributed by atoms with Crippen molar-refractivity contribution in [2.75, 3.05) is 13.7 Å². The van der Waals surface area contributed by atoms with Gasteiger partial charge in [-0.2, -0.15) is 0 Å². The molecule has 4 atom stereocenters. The fourth-order valence-electron chi connectivity index (χ4n) is 5.00. The van der Waals surface area contributed by atoms with Crippen LogP contribution in [0.2, 0.25) is 0 Å². The van der Waals surface area contributed by atoms with E-state index in [1.54, 1.807) is 25.3 Å². The first-order valence-electron chi connectivity index (χ1n) is 14.6. The molecule has 2 amide bonds. The molecule has 0 unspecified atom stereocenters. The van der Waals surface area contributed by atoms with Crippen LogP contribution in [0.5, 0.6) is 5.75 Å². The first-order valence-corrected chi connectivity index (χ1v) is 14.6.